The summed E-state index contributed by atoms with van der Waals surface area (Å²) in [5, 5.41) is 7.79. The van der Waals surface area contributed by atoms with E-state index < -0.39 is 0 Å². The van der Waals surface area contributed by atoms with E-state index in [1.807, 2.05) is 31.6 Å². The number of carbonyl (C=O) groups excluding carboxylic acids is 1. The summed E-state index contributed by atoms with van der Waals surface area (Å²) < 4.78 is 5.00. The van der Waals surface area contributed by atoms with Crippen LogP contribution in [0.3, 0.4) is 0 Å². The van der Waals surface area contributed by atoms with E-state index in [1.165, 1.54) is 4.88 Å². The van der Waals surface area contributed by atoms with Crippen molar-refractivity contribution in [1.29, 1.82) is 0 Å². The van der Waals surface area contributed by atoms with E-state index in [0.717, 1.165) is 5.56 Å². The molecule has 1 atom stereocenters. The lowest BCUT2D eigenvalue weighted by Gasteiger charge is -2.23. The first-order valence-electron chi connectivity index (χ1n) is 7.30. The highest BCUT2D eigenvalue weighted by molar-refractivity contribution is 7.10. The van der Waals surface area contributed by atoms with E-state index in [-0.39, 0.29) is 12.1 Å². The average Bonchev–Trinajstić information content (AvgIpc) is 3.07. The van der Waals surface area contributed by atoms with Crippen LogP contribution in [-0.4, -0.2) is 43.7 Å². The van der Waals surface area contributed by atoms with Crippen LogP contribution in [-0.2, 0) is 6.54 Å². The molecule has 0 saturated carbocycles. The quantitative estimate of drug-likeness (QED) is 0.815. The predicted octanol–water partition coefficient (Wildman–Crippen LogP) is 2.25. The zero-order valence-electron chi connectivity index (χ0n) is 13.6. The number of ether oxygens (including phenoxy) is 1. The second kappa shape index (κ2) is 8.50. The molecule has 0 saturated heterocycles. The lowest BCUT2D eigenvalue weighted by molar-refractivity contribution is 0.233. The summed E-state index contributed by atoms with van der Waals surface area (Å²) >= 11 is 1.69. The van der Waals surface area contributed by atoms with Crippen molar-refractivity contribution >= 4 is 17.4 Å². The van der Waals surface area contributed by atoms with Gasteiger partial charge in [0.25, 0.3) is 0 Å². The molecule has 0 aliphatic heterocycles. The molecule has 0 aromatic carbocycles. The number of hydrogen-bond donors (Lipinski definition) is 2. The third kappa shape index (κ3) is 5.22. The predicted molar refractivity (Wildman–Crippen MR) is 91.8 cm³/mol. The third-order valence-electron chi connectivity index (χ3n) is 3.41. The van der Waals surface area contributed by atoms with Gasteiger partial charge >= 0.3 is 6.03 Å². The fourth-order valence-electron chi connectivity index (χ4n) is 2.09. The number of amides is 2. The number of carbonyl (C=O) groups is 1. The van der Waals surface area contributed by atoms with E-state index in [9.17, 15) is 4.79 Å². The van der Waals surface area contributed by atoms with Crippen LogP contribution in [0.25, 0.3) is 0 Å². The van der Waals surface area contributed by atoms with Crippen molar-refractivity contribution in [3.05, 3.63) is 46.3 Å². The molecule has 0 bridgehead atoms. The van der Waals surface area contributed by atoms with Gasteiger partial charge in [-0.05, 0) is 31.1 Å². The van der Waals surface area contributed by atoms with Crippen molar-refractivity contribution in [3.63, 3.8) is 0 Å². The van der Waals surface area contributed by atoms with Gasteiger partial charge in [-0.3, -0.25) is 0 Å². The largest absolute Gasteiger partial charge is 0.481 e. The number of rotatable bonds is 7. The number of hydrogen-bond acceptors (Lipinski definition) is 5. The molecule has 2 rings (SSSR count). The number of likely N-dealkylation sites (N-methyl/N-ethyl adjacent to an activating group) is 1. The van der Waals surface area contributed by atoms with E-state index in [1.54, 1.807) is 30.7 Å². The van der Waals surface area contributed by atoms with Crippen LogP contribution in [0.5, 0.6) is 5.88 Å². The maximum Gasteiger partial charge on any atom is 0.315 e. The van der Waals surface area contributed by atoms with Gasteiger partial charge in [0.05, 0.1) is 13.2 Å². The van der Waals surface area contributed by atoms with E-state index >= 15 is 0 Å². The summed E-state index contributed by atoms with van der Waals surface area (Å²) in [6.45, 7) is 0.981. The molecular weight excluding hydrogens is 312 g/mol. The van der Waals surface area contributed by atoms with Gasteiger partial charge in [0.15, 0.2) is 0 Å². The molecule has 2 heterocycles. The molecule has 6 nitrogen and oxygen atoms in total. The van der Waals surface area contributed by atoms with Crippen LogP contribution in [0.1, 0.15) is 16.5 Å². The van der Waals surface area contributed by atoms with Crippen molar-refractivity contribution < 1.29 is 9.53 Å². The highest BCUT2D eigenvalue weighted by atomic mass is 32.1. The third-order valence-corrected chi connectivity index (χ3v) is 4.38. The van der Waals surface area contributed by atoms with Crippen LogP contribution >= 0.6 is 11.3 Å². The Balaban J connectivity index is 1.79. The SMILES string of the molecule is COc1ccc(CNC(=O)NCC(c2cccs2)N(C)C)cn1. The van der Waals surface area contributed by atoms with Crippen LogP contribution in [0.15, 0.2) is 35.8 Å². The molecule has 2 N–H and O–H groups in total. The smallest absolute Gasteiger partial charge is 0.315 e. The van der Waals surface area contributed by atoms with Crippen LogP contribution in [0.4, 0.5) is 4.79 Å². The van der Waals surface area contributed by atoms with Crippen molar-refractivity contribution in [3.8, 4) is 5.88 Å². The van der Waals surface area contributed by atoms with Crippen molar-refractivity contribution in [2.24, 2.45) is 0 Å². The Kier molecular flexibility index (Phi) is 6.37. The molecule has 1 unspecified atom stereocenters. The van der Waals surface area contributed by atoms with Gasteiger partial charge < -0.3 is 20.3 Å². The zero-order chi connectivity index (χ0) is 16.7. The summed E-state index contributed by atoms with van der Waals surface area (Å²) in [7, 11) is 5.59. The minimum absolute atomic E-state index is 0.170. The summed E-state index contributed by atoms with van der Waals surface area (Å²) in [5.74, 6) is 0.558. The Bertz CT molecular complexity index is 599. The van der Waals surface area contributed by atoms with Crippen molar-refractivity contribution in [2.75, 3.05) is 27.7 Å². The Morgan fingerprint density at radius 2 is 2.17 bits per heavy atom. The first-order valence-corrected chi connectivity index (χ1v) is 8.18. The Morgan fingerprint density at radius 1 is 1.35 bits per heavy atom. The Labute approximate surface area is 140 Å². The molecule has 2 aromatic heterocycles. The van der Waals surface area contributed by atoms with Crippen molar-refractivity contribution in [1.82, 2.24) is 20.5 Å². The fourth-order valence-corrected chi connectivity index (χ4v) is 3.01. The maximum atomic E-state index is 12.0. The number of nitrogens with zero attached hydrogens (tertiary/aromatic N) is 2. The summed E-state index contributed by atoms with van der Waals surface area (Å²) in [6, 6.07) is 7.73. The van der Waals surface area contributed by atoms with Gasteiger partial charge in [0, 0.05) is 30.2 Å². The van der Waals surface area contributed by atoms with E-state index in [2.05, 4.69) is 26.6 Å². The molecule has 7 heteroatoms. The Morgan fingerprint density at radius 3 is 2.74 bits per heavy atom. The highest BCUT2D eigenvalue weighted by Gasteiger charge is 2.15. The molecule has 0 aliphatic carbocycles. The van der Waals surface area contributed by atoms with Crippen LogP contribution in [0, 0.1) is 0 Å². The van der Waals surface area contributed by atoms with Gasteiger partial charge in [0.1, 0.15) is 0 Å². The molecule has 0 radical (unpaired) electrons. The summed E-state index contributed by atoms with van der Waals surface area (Å²) in [6.07, 6.45) is 1.69. The van der Waals surface area contributed by atoms with Gasteiger partial charge in [-0.15, -0.1) is 11.3 Å². The standard InChI is InChI=1S/C16H22N4O2S/c1-20(2)13(14-5-4-8-23-14)11-19-16(21)18-10-12-6-7-15(22-3)17-9-12/h4-9,13H,10-11H2,1-3H3,(H2,18,19,21). The molecule has 2 aromatic rings. The number of methoxy groups -OCH3 is 1. The summed E-state index contributed by atoms with van der Waals surface area (Å²) in [4.78, 5) is 19.4. The number of urea groups is 1. The lowest BCUT2D eigenvalue weighted by Crippen LogP contribution is -2.40. The monoisotopic (exact) mass is 334 g/mol. The molecule has 0 aliphatic rings. The average molecular weight is 334 g/mol. The van der Waals surface area contributed by atoms with Crippen molar-refractivity contribution in [2.45, 2.75) is 12.6 Å². The van der Waals surface area contributed by atoms with Gasteiger partial charge in [-0.2, -0.15) is 0 Å². The van der Waals surface area contributed by atoms with Gasteiger partial charge in [-0.25, -0.2) is 9.78 Å². The molecule has 23 heavy (non-hydrogen) atoms. The first-order chi connectivity index (χ1) is 11.1. The topological polar surface area (TPSA) is 66.5 Å². The number of pyridine rings is 1. The second-order valence-corrected chi connectivity index (χ2v) is 6.25. The number of aromatic nitrogens is 1. The lowest BCUT2D eigenvalue weighted by atomic mass is 10.2. The molecular formula is C16H22N4O2S. The minimum atomic E-state index is -0.191. The first kappa shape index (κ1) is 17.2. The van der Waals surface area contributed by atoms with E-state index in [0.29, 0.717) is 19.0 Å². The minimum Gasteiger partial charge on any atom is -0.481 e. The summed E-state index contributed by atoms with van der Waals surface area (Å²) in [5.41, 5.74) is 0.920. The van der Waals surface area contributed by atoms with E-state index in [4.69, 9.17) is 4.74 Å². The molecule has 124 valence electrons. The Hall–Kier alpha value is -2.12. The molecule has 0 spiro atoms. The zero-order valence-corrected chi connectivity index (χ0v) is 14.4. The van der Waals surface area contributed by atoms with Gasteiger partial charge in [-0.1, -0.05) is 12.1 Å². The van der Waals surface area contributed by atoms with Crippen LogP contribution in [0.2, 0.25) is 0 Å². The second-order valence-electron chi connectivity index (χ2n) is 5.27. The normalized spacial score (nSPS) is 12.0. The molecule has 0 fully saturated rings. The number of nitrogens with one attached hydrogen (secondary N) is 2. The van der Waals surface area contributed by atoms with Crippen LogP contribution < -0.4 is 15.4 Å². The highest BCUT2D eigenvalue weighted by Crippen LogP contribution is 2.22. The number of thiophene rings is 1. The van der Waals surface area contributed by atoms with Gasteiger partial charge in [0.2, 0.25) is 5.88 Å². The fraction of sp³-hybridized carbons (Fsp3) is 0.375. The maximum absolute atomic E-state index is 12.0. The molecule has 2 amide bonds.